The van der Waals surface area contributed by atoms with Crippen molar-refractivity contribution in [3.63, 3.8) is 0 Å². The summed E-state index contributed by atoms with van der Waals surface area (Å²) in [5.41, 5.74) is -1.09. The lowest BCUT2D eigenvalue weighted by molar-refractivity contribution is -0.384. The molecule has 0 N–H and O–H groups in total. The summed E-state index contributed by atoms with van der Waals surface area (Å²) in [7, 11) is -4.45. The normalized spacial score (nSPS) is 23.1. The van der Waals surface area contributed by atoms with Crippen LogP contribution < -0.4 is 0 Å². The highest BCUT2D eigenvalue weighted by atomic mass is 32.2. The van der Waals surface area contributed by atoms with Gasteiger partial charge in [0.2, 0.25) is 0 Å². The van der Waals surface area contributed by atoms with Crippen LogP contribution in [0.2, 0.25) is 0 Å². The third-order valence-corrected chi connectivity index (χ3v) is 6.81. The highest BCUT2D eigenvalue weighted by Gasteiger charge is 2.51. The van der Waals surface area contributed by atoms with Crippen molar-refractivity contribution in [3.8, 4) is 0 Å². The van der Waals surface area contributed by atoms with Gasteiger partial charge in [0, 0.05) is 35.1 Å². The zero-order valence-corrected chi connectivity index (χ0v) is 15.4. The van der Waals surface area contributed by atoms with E-state index in [1.165, 1.54) is 0 Å². The maximum atomic E-state index is 14.4. The Bertz CT molecular complexity index is 1080. The Hall–Kier alpha value is -2.53. The van der Waals surface area contributed by atoms with E-state index < -0.39 is 56.3 Å². The zero-order chi connectivity index (χ0) is 21.1. The number of non-ortho nitro benzene ring substituents is 1. The van der Waals surface area contributed by atoms with E-state index in [1.807, 2.05) is 0 Å². The van der Waals surface area contributed by atoms with Crippen LogP contribution in [0.4, 0.5) is 23.2 Å². The fourth-order valence-corrected chi connectivity index (χ4v) is 5.39. The number of rotatable bonds is 4. The van der Waals surface area contributed by atoms with Crippen LogP contribution in [0.3, 0.4) is 0 Å². The molecule has 1 fully saturated rings. The number of hydrogen-bond acceptors (Lipinski definition) is 5. The molecule has 0 amide bonds. The molecule has 0 heterocycles. The van der Waals surface area contributed by atoms with E-state index in [9.17, 15) is 36.1 Å². The van der Waals surface area contributed by atoms with E-state index in [1.54, 1.807) is 0 Å². The van der Waals surface area contributed by atoms with Gasteiger partial charge in [-0.3, -0.25) is 14.3 Å². The average molecular weight is 431 g/mol. The number of nitro groups is 1. The molecule has 11 heteroatoms. The first-order valence-electron chi connectivity index (χ1n) is 8.67. The van der Waals surface area contributed by atoms with Crippen molar-refractivity contribution in [1.82, 2.24) is 0 Å². The number of halogens is 4. The number of nitro benzene ring substituents is 1. The summed E-state index contributed by atoms with van der Waals surface area (Å²) >= 11 is 0. The number of fused-ring (bicyclic) bond motifs is 5. The molecule has 2 unspecified atom stereocenters. The summed E-state index contributed by atoms with van der Waals surface area (Å²) in [5.74, 6) is -8.86. The monoisotopic (exact) mass is 431 g/mol. The molecule has 0 aromatic heterocycles. The Labute approximate surface area is 162 Å². The third kappa shape index (κ3) is 2.99. The highest BCUT2D eigenvalue weighted by Crippen LogP contribution is 2.55. The molecule has 2 aliphatic carbocycles. The molecule has 2 aromatic rings. The van der Waals surface area contributed by atoms with Crippen LogP contribution in [0.1, 0.15) is 42.2 Å². The lowest BCUT2D eigenvalue weighted by atomic mass is 9.84. The lowest BCUT2D eigenvalue weighted by Crippen LogP contribution is -2.29. The number of hydrogen-bond donors (Lipinski definition) is 0. The van der Waals surface area contributed by atoms with Crippen LogP contribution in [0.15, 0.2) is 29.2 Å². The maximum Gasteiger partial charge on any atom is 0.297 e. The first kappa shape index (κ1) is 19.8. The summed E-state index contributed by atoms with van der Waals surface area (Å²) < 4.78 is 86.7. The van der Waals surface area contributed by atoms with Crippen molar-refractivity contribution in [2.75, 3.05) is 0 Å². The second-order valence-electron chi connectivity index (χ2n) is 6.99. The fraction of sp³-hybridized carbons (Fsp3) is 0.333. The molecular weight excluding hydrogens is 418 g/mol. The second-order valence-corrected chi connectivity index (χ2v) is 8.57. The Morgan fingerprint density at radius 2 is 1.38 bits per heavy atom. The molecule has 154 valence electrons. The van der Waals surface area contributed by atoms with E-state index in [0.29, 0.717) is 6.42 Å². The summed E-state index contributed by atoms with van der Waals surface area (Å²) in [6.07, 6.45) is -0.329. The standard InChI is InChI=1S/C18H13F4NO5S/c19-14-12-10-2-1-3-11(13(12)15(20)17(22)16(14)21)18(10)28-29(26,27)9-6-4-8(5-7-9)23(24)25/h4-7,10-11,18H,1-3H2. The Morgan fingerprint density at radius 1 is 0.897 bits per heavy atom. The molecule has 2 bridgehead atoms. The average Bonchev–Trinajstić information content (AvgIpc) is 2.85. The van der Waals surface area contributed by atoms with Crippen molar-refractivity contribution in [2.24, 2.45) is 0 Å². The van der Waals surface area contributed by atoms with E-state index >= 15 is 0 Å². The Morgan fingerprint density at radius 3 is 1.83 bits per heavy atom. The zero-order valence-electron chi connectivity index (χ0n) is 14.6. The summed E-state index contributed by atoms with van der Waals surface area (Å²) in [5, 5.41) is 10.7. The lowest BCUT2D eigenvalue weighted by Gasteiger charge is -2.29. The van der Waals surface area contributed by atoms with Gasteiger partial charge in [0.1, 0.15) is 0 Å². The van der Waals surface area contributed by atoms with E-state index in [2.05, 4.69) is 0 Å². The predicted octanol–water partition coefficient (Wildman–Crippen LogP) is 4.29. The molecule has 6 nitrogen and oxygen atoms in total. The Balaban J connectivity index is 1.72. The van der Waals surface area contributed by atoms with E-state index in [-0.39, 0.29) is 34.6 Å². The summed E-state index contributed by atoms with van der Waals surface area (Å²) in [4.78, 5) is 9.63. The quantitative estimate of drug-likeness (QED) is 0.180. The smallest absolute Gasteiger partial charge is 0.262 e. The number of nitrogens with zero attached hydrogens (tertiary/aromatic N) is 1. The Kier molecular flexibility index (Phi) is 4.61. The van der Waals surface area contributed by atoms with Gasteiger partial charge in [-0.2, -0.15) is 8.42 Å². The topological polar surface area (TPSA) is 86.5 Å². The molecule has 0 spiro atoms. The van der Waals surface area contributed by atoms with Crippen LogP contribution in [-0.2, 0) is 14.3 Å². The highest BCUT2D eigenvalue weighted by molar-refractivity contribution is 7.86. The molecule has 4 rings (SSSR count). The summed E-state index contributed by atoms with van der Waals surface area (Å²) in [6.45, 7) is 0. The SMILES string of the molecule is O=[N+]([O-])c1ccc(S(=O)(=O)OC2C3CCCC2c2c(F)c(F)c(F)c(F)c23)cc1. The molecule has 0 saturated heterocycles. The third-order valence-electron chi connectivity index (χ3n) is 5.48. The van der Waals surface area contributed by atoms with Gasteiger partial charge in [0.05, 0.1) is 15.9 Å². The van der Waals surface area contributed by atoms with Crippen LogP contribution in [0, 0.1) is 33.4 Å². The van der Waals surface area contributed by atoms with Crippen LogP contribution >= 0.6 is 0 Å². The first-order chi connectivity index (χ1) is 13.6. The van der Waals surface area contributed by atoms with Gasteiger partial charge in [-0.25, -0.2) is 17.6 Å². The van der Waals surface area contributed by atoms with Crippen LogP contribution in [-0.4, -0.2) is 19.4 Å². The molecule has 2 aliphatic rings. The van der Waals surface area contributed by atoms with Crippen molar-refractivity contribution >= 4 is 15.8 Å². The van der Waals surface area contributed by atoms with Crippen molar-refractivity contribution in [1.29, 1.82) is 0 Å². The van der Waals surface area contributed by atoms with Crippen molar-refractivity contribution in [3.05, 3.63) is 68.8 Å². The van der Waals surface area contributed by atoms with Gasteiger partial charge in [-0.05, 0) is 25.0 Å². The molecule has 0 aliphatic heterocycles. The largest absolute Gasteiger partial charge is 0.297 e. The van der Waals surface area contributed by atoms with Crippen LogP contribution in [0.5, 0.6) is 0 Å². The predicted molar refractivity (Wildman–Crippen MR) is 90.8 cm³/mol. The molecule has 1 saturated carbocycles. The van der Waals surface area contributed by atoms with E-state index in [0.717, 1.165) is 24.3 Å². The summed E-state index contributed by atoms with van der Waals surface area (Å²) in [6, 6.07) is 3.91. The minimum Gasteiger partial charge on any atom is -0.262 e. The second kappa shape index (κ2) is 6.77. The van der Waals surface area contributed by atoms with Gasteiger partial charge in [0.15, 0.2) is 23.3 Å². The maximum absolute atomic E-state index is 14.4. The fourth-order valence-electron chi connectivity index (χ4n) is 4.24. The van der Waals surface area contributed by atoms with Gasteiger partial charge in [0.25, 0.3) is 15.8 Å². The number of benzene rings is 2. The van der Waals surface area contributed by atoms with Crippen molar-refractivity contribution < 1.29 is 35.1 Å². The van der Waals surface area contributed by atoms with Crippen LogP contribution in [0.25, 0.3) is 0 Å². The van der Waals surface area contributed by atoms with E-state index in [4.69, 9.17) is 4.18 Å². The van der Waals surface area contributed by atoms with Crippen molar-refractivity contribution in [2.45, 2.75) is 42.1 Å². The molecule has 2 atom stereocenters. The minimum atomic E-state index is -4.45. The molecule has 0 radical (unpaired) electrons. The van der Waals surface area contributed by atoms with Gasteiger partial charge in [-0.15, -0.1) is 0 Å². The van der Waals surface area contributed by atoms with Gasteiger partial charge < -0.3 is 0 Å². The molecular formula is C18H13F4NO5S. The first-order valence-corrected chi connectivity index (χ1v) is 10.1. The minimum absolute atomic E-state index is 0.214. The van der Waals surface area contributed by atoms with Gasteiger partial charge >= 0.3 is 0 Å². The molecule has 29 heavy (non-hydrogen) atoms. The molecule has 2 aromatic carbocycles. The van der Waals surface area contributed by atoms with Gasteiger partial charge in [-0.1, -0.05) is 6.42 Å².